The molecule has 1 fully saturated rings. The molecule has 3 aromatic rings. The van der Waals surface area contributed by atoms with Crippen LogP contribution in [0, 0.1) is 0 Å². The number of aromatic nitrogens is 3. The Kier molecular flexibility index (Phi) is 5.69. The van der Waals surface area contributed by atoms with Crippen molar-refractivity contribution in [2.75, 3.05) is 20.3 Å². The summed E-state index contributed by atoms with van der Waals surface area (Å²) in [5.74, 6) is 1.96. The van der Waals surface area contributed by atoms with E-state index in [0.717, 1.165) is 24.8 Å². The first-order valence-electron chi connectivity index (χ1n) is 9.56. The molecule has 1 amide bonds. The number of para-hydroxylation sites is 1. The summed E-state index contributed by atoms with van der Waals surface area (Å²) in [5.41, 5.74) is 0.724. The Bertz CT molecular complexity index is 943. The summed E-state index contributed by atoms with van der Waals surface area (Å²) in [7, 11) is 1.56. The number of carbonyl (C=O) groups is 1. The molecule has 0 saturated carbocycles. The molecule has 0 bridgehead atoms. The maximum atomic E-state index is 12.8. The summed E-state index contributed by atoms with van der Waals surface area (Å²) in [6.07, 6.45) is 4.34. The van der Waals surface area contributed by atoms with E-state index in [9.17, 15) is 4.79 Å². The highest BCUT2D eigenvalue weighted by Crippen LogP contribution is 2.31. The van der Waals surface area contributed by atoms with Crippen molar-refractivity contribution in [2.24, 2.45) is 0 Å². The molecule has 4 rings (SSSR count). The molecule has 8 nitrogen and oxygen atoms in total. The highest BCUT2D eigenvalue weighted by atomic mass is 16.5. The van der Waals surface area contributed by atoms with Crippen LogP contribution >= 0.6 is 0 Å². The van der Waals surface area contributed by atoms with E-state index >= 15 is 0 Å². The minimum absolute atomic E-state index is 0.0239. The maximum absolute atomic E-state index is 12.8. The minimum Gasteiger partial charge on any atom is -0.484 e. The number of hydrogen-bond acceptors (Lipinski definition) is 7. The van der Waals surface area contributed by atoms with Gasteiger partial charge in [0.15, 0.2) is 6.61 Å². The Hall–Kier alpha value is -3.42. The Morgan fingerprint density at radius 1 is 1.21 bits per heavy atom. The van der Waals surface area contributed by atoms with Crippen LogP contribution in [-0.4, -0.2) is 46.2 Å². The lowest BCUT2D eigenvalue weighted by Crippen LogP contribution is -2.41. The lowest BCUT2D eigenvalue weighted by atomic mass is 10.0. The summed E-state index contributed by atoms with van der Waals surface area (Å²) in [5, 5.41) is 4.07. The largest absolute Gasteiger partial charge is 0.484 e. The molecule has 1 atom stereocenters. The van der Waals surface area contributed by atoms with Gasteiger partial charge in [0.1, 0.15) is 11.8 Å². The van der Waals surface area contributed by atoms with E-state index in [-0.39, 0.29) is 18.6 Å². The number of rotatable bonds is 6. The first-order valence-corrected chi connectivity index (χ1v) is 9.56. The molecular weight excluding hydrogens is 372 g/mol. The summed E-state index contributed by atoms with van der Waals surface area (Å²) in [6.45, 7) is 0.618. The van der Waals surface area contributed by atoms with E-state index < -0.39 is 0 Å². The Labute approximate surface area is 168 Å². The van der Waals surface area contributed by atoms with E-state index in [1.807, 2.05) is 36.4 Å². The van der Waals surface area contributed by atoms with E-state index in [1.165, 1.54) is 0 Å². The molecule has 1 saturated heterocycles. The van der Waals surface area contributed by atoms with Gasteiger partial charge in [-0.3, -0.25) is 4.79 Å². The van der Waals surface area contributed by atoms with Gasteiger partial charge in [0.2, 0.25) is 17.6 Å². The molecule has 0 aliphatic carbocycles. The number of amides is 1. The van der Waals surface area contributed by atoms with Gasteiger partial charge in [-0.1, -0.05) is 23.4 Å². The molecule has 150 valence electrons. The summed E-state index contributed by atoms with van der Waals surface area (Å²) in [4.78, 5) is 23.2. The van der Waals surface area contributed by atoms with Crippen LogP contribution in [0.2, 0.25) is 0 Å². The number of benzene rings is 1. The second kappa shape index (κ2) is 8.72. The van der Waals surface area contributed by atoms with Crippen molar-refractivity contribution in [2.45, 2.75) is 25.3 Å². The molecule has 0 N–H and O–H groups in total. The number of ether oxygens (including phenoxy) is 2. The van der Waals surface area contributed by atoms with Crippen LogP contribution in [0.3, 0.4) is 0 Å². The monoisotopic (exact) mass is 394 g/mol. The van der Waals surface area contributed by atoms with Crippen LogP contribution in [0.5, 0.6) is 11.6 Å². The smallest absolute Gasteiger partial charge is 0.261 e. The molecule has 0 spiro atoms. The molecule has 3 heterocycles. The van der Waals surface area contributed by atoms with E-state index in [1.54, 1.807) is 24.3 Å². The van der Waals surface area contributed by atoms with Crippen LogP contribution in [-0.2, 0) is 4.79 Å². The lowest BCUT2D eigenvalue weighted by Gasteiger charge is -2.33. The number of carbonyl (C=O) groups excluding carboxylic acids is 1. The van der Waals surface area contributed by atoms with Crippen LogP contribution in [0.4, 0.5) is 0 Å². The summed E-state index contributed by atoms with van der Waals surface area (Å²) >= 11 is 0. The van der Waals surface area contributed by atoms with Gasteiger partial charge in [0.05, 0.1) is 7.11 Å². The fourth-order valence-electron chi connectivity index (χ4n) is 3.35. The normalized spacial score (nSPS) is 16.4. The van der Waals surface area contributed by atoms with Crippen molar-refractivity contribution in [3.05, 3.63) is 54.6 Å². The number of nitrogens with zero attached hydrogens (tertiary/aromatic N) is 4. The van der Waals surface area contributed by atoms with Crippen molar-refractivity contribution in [3.63, 3.8) is 0 Å². The number of likely N-dealkylation sites (tertiary alicyclic amines) is 1. The van der Waals surface area contributed by atoms with Crippen molar-refractivity contribution in [1.29, 1.82) is 0 Å². The topological polar surface area (TPSA) is 90.6 Å². The molecule has 1 aromatic carbocycles. The van der Waals surface area contributed by atoms with Crippen LogP contribution < -0.4 is 9.47 Å². The Morgan fingerprint density at radius 2 is 2.07 bits per heavy atom. The predicted octanol–water partition coefficient (Wildman–Crippen LogP) is 3.27. The van der Waals surface area contributed by atoms with Crippen molar-refractivity contribution < 1.29 is 18.8 Å². The standard InChI is InChI=1S/C21H22N4O4/c1-27-18-11-10-15(13-22-18)20-23-21(29-24-20)17-9-5-6-12-25(17)19(26)14-28-16-7-3-2-4-8-16/h2-4,7-8,10-11,13,17H,5-6,9,12,14H2,1H3. The third-order valence-electron chi connectivity index (χ3n) is 4.86. The molecule has 1 unspecified atom stereocenters. The number of methoxy groups -OCH3 is 1. The van der Waals surface area contributed by atoms with E-state index in [2.05, 4.69) is 15.1 Å². The van der Waals surface area contributed by atoms with Gasteiger partial charge in [-0.25, -0.2) is 4.98 Å². The third kappa shape index (κ3) is 4.37. The maximum Gasteiger partial charge on any atom is 0.261 e. The second-order valence-electron chi connectivity index (χ2n) is 6.75. The van der Waals surface area contributed by atoms with Gasteiger partial charge in [-0.05, 0) is 37.5 Å². The third-order valence-corrected chi connectivity index (χ3v) is 4.86. The number of hydrogen-bond donors (Lipinski definition) is 0. The second-order valence-corrected chi connectivity index (χ2v) is 6.75. The molecule has 1 aliphatic rings. The van der Waals surface area contributed by atoms with Gasteiger partial charge in [-0.2, -0.15) is 4.98 Å². The van der Waals surface area contributed by atoms with Crippen molar-refractivity contribution >= 4 is 5.91 Å². The molecule has 29 heavy (non-hydrogen) atoms. The van der Waals surface area contributed by atoms with Gasteiger partial charge in [0.25, 0.3) is 5.91 Å². The molecule has 0 radical (unpaired) electrons. The van der Waals surface area contributed by atoms with Gasteiger partial charge < -0.3 is 18.9 Å². The summed E-state index contributed by atoms with van der Waals surface area (Å²) < 4.78 is 16.2. The fourth-order valence-corrected chi connectivity index (χ4v) is 3.35. The average molecular weight is 394 g/mol. The Morgan fingerprint density at radius 3 is 2.83 bits per heavy atom. The Balaban J connectivity index is 1.47. The number of pyridine rings is 1. The lowest BCUT2D eigenvalue weighted by molar-refractivity contribution is -0.138. The predicted molar refractivity (Wildman–Crippen MR) is 104 cm³/mol. The number of piperidine rings is 1. The highest BCUT2D eigenvalue weighted by Gasteiger charge is 2.32. The van der Waals surface area contributed by atoms with E-state index in [4.69, 9.17) is 14.0 Å². The zero-order valence-electron chi connectivity index (χ0n) is 16.2. The zero-order chi connectivity index (χ0) is 20.1. The van der Waals surface area contributed by atoms with E-state index in [0.29, 0.717) is 29.9 Å². The SMILES string of the molecule is COc1ccc(-c2noc(C3CCCCN3C(=O)COc3ccccc3)n2)cn1. The quantitative estimate of drug-likeness (QED) is 0.634. The van der Waals surface area contributed by atoms with Gasteiger partial charge in [-0.15, -0.1) is 0 Å². The summed E-state index contributed by atoms with van der Waals surface area (Å²) in [6, 6.07) is 12.6. The zero-order valence-corrected chi connectivity index (χ0v) is 16.2. The van der Waals surface area contributed by atoms with Gasteiger partial charge >= 0.3 is 0 Å². The minimum atomic E-state index is -0.247. The van der Waals surface area contributed by atoms with Crippen molar-refractivity contribution in [1.82, 2.24) is 20.0 Å². The molecular formula is C21H22N4O4. The van der Waals surface area contributed by atoms with Crippen LogP contribution in [0.25, 0.3) is 11.4 Å². The molecule has 2 aromatic heterocycles. The molecule has 1 aliphatic heterocycles. The first kappa shape index (κ1) is 18.9. The fraction of sp³-hybridized carbons (Fsp3) is 0.333. The van der Waals surface area contributed by atoms with Crippen LogP contribution in [0.15, 0.2) is 53.2 Å². The van der Waals surface area contributed by atoms with Crippen molar-refractivity contribution in [3.8, 4) is 23.0 Å². The van der Waals surface area contributed by atoms with Crippen LogP contribution in [0.1, 0.15) is 31.2 Å². The first-order chi connectivity index (χ1) is 14.2. The molecule has 8 heteroatoms. The average Bonchev–Trinajstić information content (AvgIpc) is 3.28. The highest BCUT2D eigenvalue weighted by molar-refractivity contribution is 5.78. The van der Waals surface area contributed by atoms with Gasteiger partial charge in [0, 0.05) is 24.4 Å².